The molecule has 1 aromatic heterocycles. The van der Waals surface area contributed by atoms with Gasteiger partial charge in [-0.2, -0.15) is 5.10 Å². The van der Waals surface area contributed by atoms with Crippen molar-refractivity contribution < 1.29 is 13.2 Å². The Hall–Kier alpha value is -0.480. The molecule has 2 heterocycles. The molecule has 1 saturated heterocycles. The molecule has 0 bridgehead atoms. The normalized spacial score (nSPS) is 23.1. The van der Waals surface area contributed by atoms with Crippen molar-refractivity contribution in [2.45, 2.75) is 19.0 Å². The van der Waals surface area contributed by atoms with Crippen LogP contribution < -0.4 is 11.3 Å². The number of nitrogens with one attached hydrogen (secondary N) is 1. The lowest BCUT2D eigenvalue weighted by molar-refractivity contribution is 0.180. The zero-order valence-electron chi connectivity index (χ0n) is 11.3. The van der Waals surface area contributed by atoms with Crippen LogP contribution in [0.1, 0.15) is 18.2 Å². The van der Waals surface area contributed by atoms with Gasteiger partial charge in [-0.3, -0.25) is 16.0 Å². The highest BCUT2D eigenvalue weighted by atomic mass is 79.9. The summed E-state index contributed by atoms with van der Waals surface area (Å²) in [6, 6.07) is -0.249. The molecule has 3 N–H and O–H groups in total. The van der Waals surface area contributed by atoms with Crippen LogP contribution in [0.2, 0.25) is 0 Å². The van der Waals surface area contributed by atoms with Crippen molar-refractivity contribution in [3.8, 4) is 0 Å². The summed E-state index contributed by atoms with van der Waals surface area (Å²) >= 11 is 3.46. The van der Waals surface area contributed by atoms with Crippen LogP contribution >= 0.6 is 15.9 Å². The van der Waals surface area contributed by atoms with E-state index in [1.165, 1.54) is 0 Å². The minimum Gasteiger partial charge on any atom is -0.383 e. The molecule has 9 heteroatoms. The van der Waals surface area contributed by atoms with Crippen molar-refractivity contribution in [3.63, 3.8) is 0 Å². The van der Waals surface area contributed by atoms with Crippen LogP contribution in [0.4, 0.5) is 0 Å². The number of aromatic nitrogens is 2. The van der Waals surface area contributed by atoms with Gasteiger partial charge in [0.15, 0.2) is 9.84 Å². The van der Waals surface area contributed by atoms with Gasteiger partial charge in [-0.1, -0.05) is 0 Å². The van der Waals surface area contributed by atoms with E-state index >= 15 is 0 Å². The van der Waals surface area contributed by atoms with E-state index in [2.05, 4.69) is 26.5 Å². The Bertz CT molecular complexity index is 560. The summed E-state index contributed by atoms with van der Waals surface area (Å²) in [5.41, 5.74) is 3.61. The van der Waals surface area contributed by atoms with Gasteiger partial charge < -0.3 is 4.74 Å². The Morgan fingerprint density at radius 1 is 1.70 bits per heavy atom. The fraction of sp³-hybridized carbons (Fsp3) is 0.727. The van der Waals surface area contributed by atoms with Crippen molar-refractivity contribution in [1.29, 1.82) is 0 Å². The Labute approximate surface area is 126 Å². The summed E-state index contributed by atoms with van der Waals surface area (Å²) in [7, 11) is -1.32. The highest BCUT2D eigenvalue weighted by molar-refractivity contribution is 9.10. The predicted octanol–water partition coefficient (Wildman–Crippen LogP) is 0.231. The van der Waals surface area contributed by atoms with Crippen molar-refractivity contribution in [1.82, 2.24) is 15.2 Å². The second-order valence-corrected chi connectivity index (χ2v) is 7.98. The number of ether oxygens (including phenoxy) is 1. The fourth-order valence-corrected chi connectivity index (χ4v) is 4.94. The Morgan fingerprint density at radius 2 is 2.45 bits per heavy atom. The van der Waals surface area contributed by atoms with Crippen LogP contribution in [0.5, 0.6) is 0 Å². The summed E-state index contributed by atoms with van der Waals surface area (Å²) in [5, 5.41) is 4.27. The van der Waals surface area contributed by atoms with Crippen LogP contribution in [-0.4, -0.2) is 43.4 Å². The molecule has 2 atom stereocenters. The lowest BCUT2D eigenvalue weighted by Crippen LogP contribution is -2.36. The summed E-state index contributed by atoms with van der Waals surface area (Å²) in [6.07, 6.45) is 2.30. The maximum atomic E-state index is 11.7. The average molecular weight is 367 g/mol. The molecule has 0 saturated carbocycles. The number of rotatable bonds is 6. The number of hydrazine groups is 1. The van der Waals surface area contributed by atoms with Gasteiger partial charge in [0, 0.05) is 7.11 Å². The van der Waals surface area contributed by atoms with Crippen molar-refractivity contribution in [2.24, 2.45) is 11.8 Å². The van der Waals surface area contributed by atoms with Crippen LogP contribution in [-0.2, 0) is 21.1 Å². The molecule has 1 aromatic rings. The number of nitrogens with zero attached hydrogens (tertiary/aromatic N) is 2. The van der Waals surface area contributed by atoms with E-state index in [4.69, 9.17) is 10.6 Å². The molecule has 1 aliphatic heterocycles. The third kappa shape index (κ3) is 3.40. The van der Waals surface area contributed by atoms with Gasteiger partial charge in [0.05, 0.1) is 47.1 Å². The van der Waals surface area contributed by atoms with Gasteiger partial charge in [-0.25, -0.2) is 8.42 Å². The molecule has 20 heavy (non-hydrogen) atoms. The van der Waals surface area contributed by atoms with Gasteiger partial charge in [0.25, 0.3) is 0 Å². The van der Waals surface area contributed by atoms with Gasteiger partial charge in [-0.05, 0) is 28.3 Å². The predicted molar refractivity (Wildman–Crippen MR) is 78.6 cm³/mol. The molecule has 2 unspecified atom stereocenters. The number of sulfone groups is 1. The van der Waals surface area contributed by atoms with Crippen LogP contribution in [0.15, 0.2) is 10.7 Å². The standard InChI is InChI=1S/C11H19BrN4O3S/c1-19-4-3-16-11(9(12)6-14-16)10(15-13)8-2-5-20(17,18)7-8/h6,8,10,15H,2-5,7,13H2,1H3. The minimum atomic E-state index is -2.95. The molecule has 2 rings (SSSR count). The number of nitrogens with two attached hydrogens (primary N) is 1. The highest BCUT2D eigenvalue weighted by Crippen LogP contribution is 2.34. The van der Waals surface area contributed by atoms with E-state index < -0.39 is 9.84 Å². The number of methoxy groups -OCH3 is 1. The SMILES string of the molecule is COCCn1ncc(Br)c1C(NN)C1CCS(=O)(=O)C1. The molecule has 114 valence electrons. The first-order chi connectivity index (χ1) is 9.48. The molecule has 0 aliphatic carbocycles. The Kier molecular flexibility index (Phi) is 5.19. The largest absolute Gasteiger partial charge is 0.383 e. The molecule has 1 aliphatic rings. The van der Waals surface area contributed by atoms with E-state index in [1.54, 1.807) is 18.0 Å². The maximum absolute atomic E-state index is 11.7. The van der Waals surface area contributed by atoms with Crippen molar-refractivity contribution in [2.75, 3.05) is 25.2 Å². The molecular formula is C11H19BrN4O3S. The molecule has 0 aromatic carbocycles. The van der Waals surface area contributed by atoms with Crippen molar-refractivity contribution >= 4 is 25.8 Å². The lowest BCUT2D eigenvalue weighted by atomic mass is 9.97. The Balaban J connectivity index is 2.25. The van der Waals surface area contributed by atoms with Crippen LogP contribution in [0.3, 0.4) is 0 Å². The van der Waals surface area contributed by atoms with Gasteiger partial charge in [-0.15, -0.1) is 0 Å². The summed E-state index contributed by atoms with van der Waals surface area (Å²) < 4.78 is 31.0. The van der Waals surface area contributed by atoms with Crippen LogP contribution in [0, 0.1) is 5.92 Å². The quantitative estimate of drug-likeness (QED) is 0.552. The second-order valence-electron chi connectivity index (χ2n) is 4.90. The number of halogens is 1. The third-order valence-electron chi connectivity index (χ3n) is 3.55. The van der Waals surface area contributed by atoms with E-state index in [9.17, 15) is 8.42 Å². The zero-order valence-corrected chi connectivity index (χ0v) is 13.7. The van der Waals surface area contributed by atoms with E-state index in [0.29, 0.717) is 19.6 Å². The molecule has 0 radical (unpaired) electrons. The first-order valence-corrected chi connectivity index (χ1v) is 8.96. The van der Waals surface area contributed by atoms with Gasteiger partial charge >= 0.3 is 0 Å². The lowest BCUT2D eigenvalue weighted by Gasteiger charge is -2.23. The van der Waals surface area contributed by atoms with Gasteiger partial charge in [0.2, 0.25) is 0 Å². The summed E-state index contributed by atoms with van der Waals surface area (Å²) in [4.78, 5) is 0. The van der Waals surface area contributed by atoms with Crippen LogP contribution in [0.25, 0.3) is 0 Å². The zero-order chi connectivity index (χ0) is 14.8. The number of hydrogen-bond donors (Lipinski definition) is 2. The topological polar surface area (TPSA) is 99.2 Å². The Morgan fingerprint density at radius 3 is 3.00 bits per heavy atom. The molecule has 0 amide bonds. The van der Waals surface area contributed by atoms with E-state index in [1.807, 2.05) is 0 Å². The molecule has 0 spiro atoms. The van der Waals surface area contributed by atoms with E-state index in [0.717, 1.165) is 10.2 Å². The molecule has 1 fully saturated rings. The highest BCUT2D eigenvalue weighted by Gasteiger charge is 2.36. The fourth-order valence-electron chi connectivity index (χ4n) is 2.56. The molecular weight excluding hydrogens is 348 g/mol. The molecule has 7 nitrogen and oxygen atoms in total. The second kappa shape index (κ2) is 6.52. The third-order valence-corrected chi connectivity index (χ3v) is 5.96. The van der Waals surface area contributed by atoms with Crippen molar-refractivity contribution in [3.05, 3.63) is 16.4 Å². The van der Waals surface area contributed by atoms with E-state index in [-0.39, 0.29) is 23.5 Å². The minimum absolute atomic E-state index is 0.0423. The summed E-state index contributed by atoms with van der Waals surface area (Å²) in [6.45, 7) is 1.12. The smallest absolute Gasteiger partial charge is 0.150 e. The first kappa shape index (κ1) is 15.9. The van der Waals surface area contributed by atoms with Gasteiger partial charge in [0.1, 0.15) is 0 Å². The maximum Gasteiger partial charge on any atom is 0.150 e. The summed E-state index contributed by atoms with van der Waals surface area (Å²) in [5.74, 6) is 6.00. The number of hydrogen-bond acceptors (Lipinski definition) is 6. The first-order valence-electron chi connectivity index (χ1n) is 6.35. The monoisotopic (exact) mass is 366 g/mol. The average Bonchev–Trinajstić information content (AvgIpc) is 2.93.